The van der Waals surface area contributed by atoms with Gasteiger partial charge in [0.15, 0.2) is 0 Å². The van der Waals surface area contributed by atoms with Crippen LogP contribution in [0.3, 0.4) is 0 Å². The third-order valence-corrected chi connectivity index (χ3v) is 19.8. The van der Waals surface area contributed by atoms with E-state index in [2.05, 4.69) is 76.2 Å². The van der Waals surface area contributed by atoms with Crippen molar-refractivity contribution in [3.63, 3.8) is 0 Å². The second-order valence-corrected chi connectivity index (χ2v) is 18.7. The van der Waals surface area contributed by atoms with Crippen LogP contribution in [0.4, 0.5) is 0 Å². The molecule has 0 N–H and O–H groups in total. The predicted molar refractivity (Wildman–Crippen MR) is 105 cm³/mol. The van der Waals surface area contributed by atoms with Crippen LogP contribution in [0.1, 0.15) is 61.8 Å². The van der Waals surface area contributed by atoms with E-state index in [0.717, 1.165) is 0 Å². The molecule has 0 radical (unpaired) electrons. The van der Waals surface area contributed by atoms with Crippen molar-refractivity contribution in [3.05, 3.63) is 77.3 Å². The first-order chi connectivity index (χ1) is 12.1. The van der Waals surface area contributed by atoms with Crippen molar-refractivity contribution in [3.8, 4) is 0 Å². The van der Waals surface area contributed by atoms with E-state index >= 15 is 0 Å². The Morgan fingerprint density at radius 3 is 1.44 bits per heavy atom. The number of fused-ring (bicyclic) bond motifs is 2. The molecule has 2 aromatic carbocycles. The molecule has 126 valence electrons. The number of benzene rings is 2. The fraction of sp³-hybridized carbons (Fsp3) is 0.333. The van der Waals surface area contributed by atoms with E-state index in [1.165, 1.54) is 19.4 Å². The maximum atomic E-state index is 2.48. The van der Waals surface area contributed by atoms with Gasteiger partial charge in [0, 0.05) is 0 Å². The number of allylic oxidation sites excluding steroid dienone is 4. The molecule has 0 aromatic heterocycles. The third-order valence-electron chi connectivity index (χ3n) is 7.12. The Morgan fingerprint density at radius 1 is 0.680 bits per heavy atom. The fourth-order valence-corrected chi connectivity index (χ4v) is 22.7. The Balaban J connectivity index is 1.68. The van der Waals surface area contributed by atoms with Gasteiger partial charge in [-0.2, -0.15) is 0 Å². The first-order valence-electron chi connectivity index (χ1n) is 9.67. The normalized spacial score (nSPS) is 26.1. The van der Waals surface area contributed by atoms with Crippen molar-refractivity contribution in [2.45, 2.75) is 47.8 Å². The molecule has 5 rings (SSSR count). The molecule has 3 aliphatic rings. The first-order valence-corrected chi connectivity index (χ1v) is 15.6. The maximum absolute atomic E-state index is 2.48. The van der Waals surface area contributed by atoms with Gasteiger partial charge in [-0.15, -0.1) is 0 Å². The van der Waals surface area contributed by atoms with Crippen LogP contribution in [-0.4, -0.2) is 0 Å². The van der Waals surface area contributed by atoms with E-state index in [1.54, 1.807) is 22.3 Å². The van der Waals surface area contributed by atoms with Gasteiger partial charge < -0.3 is 0 Å². The van der Waals surface area contributed by atoms with Crippen LogP contribution in [-0.2, 0) is 20.3 Å². The summed E-state index contributed by atoms with van der Waals surface area (Å²) in [6.07, 6.45) is 0. The average molecular weight is 406 g/mol. The monoisotopic (exact) mass is 404 g/mol. The summed E-state index contributed by atoms with van der Waals surface area (Å²) in [7, 11) is 0. The molecule has 1 aliphatic heterocycles. The van der Waals surface area contributed by atoms with Crippen molar-refractivity contribution in [1.29, 1.82) is 0 Å². The van der Waals surface area contributed by atoms with E-state index < -0.39 is 20.3 Å². The summed E-state index contributed by atoms with van der Waals surface area (Å²) in [6, 6.07) is 18.3. The summed E-state index contributed by atoms with van der Waals surface area (Å²) in [5.74, 6) is 1.29. The molecule has 1 heterocycles. The van der Waals surface area contributed by atoms with Crippen LogP contribution in [0.2, 0.25) is 8.26 Å². The van der Waals surface area contributed by atoms with Gasteiger partial charge in [0.1, 0.15) is 0 Å². The van der Waals surface area contributed by atoms with Crippen LogP contribution in [0, 0.1) is 0 Å². The van der Waals surface area contributed by atoms with Crippen LogP contribution in [0.15, 0.2) is 55.1 Å². The van der Waals surface area contributed by atoms with Gasteiger partial charge in [0.05, 0.1) is 0 Å². The van der Waals surface area contributed by atoms with E-state index in [4.69, 9.17) is 0 Å². The Kier molecular flexibility index (Phi) is 3.46. The Labute approximate surface area is 156 Å². The van der Waals surface area contributed by atoms with Gasteiger partial charge in [0.2, 0.25) is 0 Å². The molecular formula is C24H26Zr. The topological polar surface area (TPSA) is 0 Å². The molecular weight excluding hydrogens is 379 g/mol. The van der Waals surface area contributed by atoms with Gasteiger partial charge in [0.25, 0.3) is 0 Å². The van der Waals surface area contributed by atoms with E-state index in [0.29, 0.717) is 11.8 Å². The molecule has 2 atom stereocenters. The zero-order valence-electron chi connectivity index (χ0n) is 15.7. The zero-order chi connectivity index (χ0) is 17.3. The Morgan fingerprint density at radius 2 is 1.08 bits per heavy atom. The summed E-state index contributed by atoms with van der Waals surface area (Å²) in [5.41, 5.74) is 9.52. The molecule has 2 aliphatic carbocycles. The minimum absolute atomic E-state index is 0.644. The average Bonchev–Trinajstić information content (AvgIpc) is 3.31. The predicted octanol–water partition coefficient (Wildman–Crippen LogP) is 7.09. The number of hydrogen-bond acceptors (Lipinski definition) is 0. The fourth-order valence-electron chi connectivity index (χ4n) is 6.04. The van der Waals surface area contributed by atoms with Crippen molar-refractivity contribution < 1.29 is 20.3 Å². The van der Waals surface area contributed by atoms with Crippen LogP contribution in [0.5, 0.6) is 0 Å². The Bertz CT molecular complexity index is 880. The zero-order valence-corrected chi connectivity index (χ0v) is 18.1. The van der Waals surface area contributed by atoms with Crippen LogP contribution < -0.4 is 0 Å². The molecule has 0 nitrogen and oxygen atoms in total. The summed E-state index contributed by atoms with van der Waals surface area (Å²) in [5, 5.41) is 0. The molecule has 1 heteroatoms. The van der Waals surface area contributed by atoms with Gasteiger partial charge in [-0.25, -0.2) is 0 Å². The van der Waals surface area contributed by atoms with Gasteiger partial charge in [-0.3, -0.25) is 0 Å². The molecule has 2 unspecified atom stereocenters. The van der Waals surface area contributed by atoms with Crippen molar-refractivity contribution in [1.82, 2.24) is 0 Å². The van der Waals surface area contributed by atoms with E-state index in [-0.39, 0.29) is 0 Å². The van der Waals surface area contributed by atoms with Crippen molar-refractivity contribution >= 4 is 11.1 Å². The first kappa shape index (κ1) is 16.0. The molecule has 0 saturated carbocycles. The SMILES string of the molecule is CC1=[C]([Zr]2([C]3=C(C)c4ccccc4C3C)[CH2][CH2]2)C(C)c2ccccc21. The molecule has 25 heavy (non-hydrogen) atoms. The summed E-state index contributed by atoms with van der Waals surface area (Å²) in [4.78, 5) is 0. The number of rotatable bonds is 2. The summed E-state index contributed by atoms with van der Waals surface area (Å²) < 4.78 is 6.91. The third kappa shape index (κ3) is 2.03. The van der Waals surface area contributed by atoms with Crippen LogP contribution in [0.25, 0.3) is 11.1 Å². The standard InChI is InChI=1S/2C11H11.C2H4.Zr/c2*1-8-7-9(2)11-6-4-3-5-10(8)11;1-2;/h2*3-6,8H,1-2H3;1-2H2;. The van der Waals surface area contributed by atoms with Crippen LogP contribution >= 0.6 is 0 Å². The van der Waals surface area contributed by atoms with E-state index in [1.807, 2.05) is 6.56 Å². The van der Waals surface area contributed by atoms with Gasteiger partial charge in [-0.05, 0) is 0 Å². The van der Waals surface area contributed by atoms with Gasteiger partial charge in [-0.1, -0.05) is 0 Å². The van der Waals surface area contributed by atoms with Gasteiger partial charge >= 0.3 is 157 Å². The molecule has 0 bridgehead atoms. The molecule has 0 amide bonds. The van der Waals surface area contributed by atoms with E-state index in [9.17, 15) is 0 Å². The molecule has 2 aromatic rings. The number of hydrogen-bond donors (Lipinski definition) is 0. The van der Waals surface area contributed by atoms with Crippen molar-refractivity contribution in [2.24, 2.45) is 0 Å². The second-order valence-electron chi connectivity index (χ2n) is 8.28. The second kappa shape index (κ2) is 5.40. The molecule has 0 spiro atoms. The molecule has 1 fully saturated rings. The molecule has 1 saturated heterocycles. The Hall–Kier alpha value is -1.20. The summed E-state index contributed by atoms with van der Waals surface area (Å²) >= 11 is -2.39. The van der Waals surface area contributed by atoms with Crippen molar-refractivity contribution in [2.75, 3.05) is 0 Å². The quantitative estimate of drug-likeness (QED) is 0.500. The summed E-state index contributed by atoms with van der Waals surface area (Å²) in [6.45, 7) is 9.78. The minimum atomic E-state index is -2.39.